The lowest BCUT2D eigenvalue weighted by molar-refractivity contribution is 0.541. The molecule has 4 nitrogen and oxygen atoms in total. The number of pyridine rings is 1. The van der Waals surface area contributed by atoms with E-state index in [4.69, 9.17) is 0 Å². The van der Waals surface area contributed by atoms with E-state index in [9.17, 15) is 0 Å². The van der Waals surface area contributed by atoms with Gasteiger partial charge >= 0.3 is 0 Å². The van der Waals surface area contributed by atoms with Crippen molar-refractivity contribution < 1.29 is 0 Å². The van der Waals surface area contributed by atoms with Gasteiger partial charge in [-0.1, -0.05) is 13.8 Å². The molecule has 0 bridgehead atoms. The van der Waals surface area contributed by atoms with E-state index in [0.29, 0.717) is 5.92 Å². The molecule has 16 heavy (non-hydrogen) atoms. The first-order valence-electron chi connectivity index (χ1n) is 5.68. The summed E-state index contributed by atoms with van der Waals surface area (Å²) in [6.07, 6.45) is 2.02. The topological polar surface area (TPSA) is 42.2 Å². The Balaban J connectivity index is 2.13. The molecule has 0 aliphatic heterocycles. The van der Waals surface area contributed by atoms with Gasteiger partial charge in [-0.2, -0.15) is 0 Å². The van der Waals surface area contributed by atoms with Gasteiger partial charge in [-0.25, -0.2) is 0 Å². The molecule has 2 heterocycles. The predicted octanol–water partition coefficient (Wildman–Crippen LogP) is 1.78. The van der Waals surface area contributed by atoms with E-state index in [1.165, 1.54) is 5.56 Å². The lowest BCUT2D eigenvalue weighted by Gasteiger charge is -2.05. The van der Waals surface area contributed by atoms with Crippen LogP contribution < -0.4 is 5.32 Å². The summed E-state index contributed by atoms with van der Waals surface area (Å²) in [5.74, 6) is 1.62. The monoisotopic (exact) mass is 218 g/mol. The second-order valence-corrected chi connectivity index (χ2v) is 4.57. The third kappa shape index (κ3) is 2.39. The van der Waals surface area contributed by atoms with Crippen molar-refractivity contribution in [1.82, 2.24) is 19.9 Å². The molecule has 2 aromatic heterocycles. The first-order valence-corrected chi connectivity index (χ1v) is 5.68. The van der Waals surface area contributed by atoms with Crippen LogP contribution in [0.5, 0.6) is 0 Å². The number of rotatable bonds is 4. The molecule has 0 atom stereocenters. The van der Waals surface area contributed by atoms with Crippen molar-refractivity contribution in [3.05, 3.63) is 29.7 Å². The van der Waals surface area contributed by atoms with Crippen LogP contribution in [-0.2, 0) is 6.54 Å². The van der Waals surface area contributed by atoms with Gasteiger partial charge < -0.3 is 5.32 Å². The molecular weight excluding hydrogens is 200 g/mol. The molecule has 0 amide bonds. The minimum Gasteiger partial charge on any atom is -0.310 e. The smallest absolute Gasteiger partial charge is 0.161 e. The number of aryl methyl sites for hydroxylation is 1. The van der Waals surface area contributed by atoms with Crippen molar-refractivity contribution in [1.29, 1.82) is 0 Å². The van der Waals surface area contributed by atoms with Crippen LogP contribution in [0.15, 0.2) is 18.3 Å². The predicted molar refractivity (Wildman–Crippen MR) is 64.3 cm³/mol. The Morgan fingerprint density at radius 1 is 1.38 bits per heavy atom. The summed E-state index contributed by atoms with van der Waals surface area (Å²) >= 11 is 0. The van der Waals surface area contributed by atoms with Crippen LogP contribution in [0.2, 0.25) is 0 Å². The summed E-state index contributed by atoms with van der Waals surface area (Å²) in [6, 6.07) is 4.11. The van der Waals surface area contributed by atoms with Crippen molar-refractivity contribution in [3.63, 3.8) is 0 Å². The van der Waals surface area contributed by atoms with Gasteiger partial charge in [0, 0.05) is 6.20 Å². The van der Waals surface area contributed by atoms with Crippen LogP contribution in [-0.4, -0.2) is 21.1 Å². The molecule has 0 radical (unpaired) electrons. The van der Waals surface area contributed by atoms with Crippen LogP contribution >= 0.6 is 0 Å². The van der Waals surface area contributed by atoms with Crippen LogP contribution in [0.25, 0.3) is 5.65 Å². The first kappa shape index (κ1) is 11.1. The zero-order chi connectivity index (χ0) is 11.5. The van der Waals surface area contributed by atoms with Gasteiger partial charge in [-0.15, -0.1) is 10.2 Å². The van der Waals surface area contributed by atoms with E-state index in [1.807, 2.05) is 16.7 Å². The molecule has 1 N–H and O–H groups in total. The van der Waals surface area contributed by atoms with Gasteiger partial charge in [0.05, 0.1) is 6.54 Å². The highest BCUT2D eigenvalue weighted by molar-refractivity contribution is 5.40. The zero-order valence-corrected chi connectivity index (χ0v) is 10.1. The Labute approximate surface area is 95.7 Å². The maximum atomic E-state index is 4.18. The Kier molecular flexibility index (Phi) is 3.19. The maximum absolute atomic E-state index is 4.18. The molecule has 0 fully saturated rings. The highest BCUT2D eigenvalue weighted by atomic mass is 15.3. The van der Waals surface area contributed by atoms with E-state index >= 15 is 0 Å². The normalized spacial score (nSPS) is 11.5. The summed E-state index contributed by atoms with van der Waals surface area (Å²) in [5, 5.41) is 11.7. The Hall–Kier alpha value is -1.42. The fraction of sp³-hybridized carbons (Fsp3) is 0.500. The molecule has 86 valence electrons. The van der Waals surface area contributed by atoms with Gasteiger partial charge in [-0.3, -0.25) is 4.40 Å². The summed E-state index contributed by atoms with van der Waals surface area (Å²) in [6.45, 7) is 8.21. The van der Waals surface area contributed by atoms with Crippen LogP contribution in [0.1, 0.15) is 25.2 Å². The van der Waals surface area contributed by atoms with Crippen molar-refractivity contribution >= 4 is 5.65 Å². The summed E-state index contributed by atoms with van der Waals surface area (Å²) in [7, 11) is 0. The lowest BCUT2D eigenvalue weighted by Crippen LogP contribution is -2.20. The molecule has 0 aliphatic rings. The zero-order valence-electron chi connectivity index (χ0n) is 10.1. The van der Waals surface area contributed by atoms with E-state index in [1.54, 1.807) is 0 Å². The maximum Gasteiger partial charge on any atom is 0.161 e. The summed E-state index contributed by atoms with van der Waals surface area (Å²) < 4.78 is 2.03. The van der Waals surface area contributed by atoms with Gasteiger partial charge in [-0.05, 0) is 37.1 Å². The summed E-state index contributed by atoms with van der Waals surface area (Å²) in [5.41, 5.74) is 2.13. The van der Waals surface area contributed by atoms with Gasteiger partial charge in [0.25, 0.3) is 0 Å². The molecule has 0 saturated heterocycles. The average Bonchev–Trinajstić information content (AvgIpc) is 2.60. The molecule has 2 aromatic rings. The molecule has 0 unspecified atom stereocenters. The molecular formula is C12H18N4. The number of hydrogen-bond acceptors (Lipinski definition) is 3. The molecule has 2 rings (SSSR count). The Morgan fingerprint density at radius 3 is 2.94 bits per heavy atom. The van der Waals surface area contributed by atoms with E-state index in [0.717, 1.165) is 24.6 Å². The standard InChI is InChI=1S/C12H18N4/c1-9(2)7-13-8-12-15-14-11-6-10(3)4-5-16(11)12/h4-6,9,13H,7-8H2,1-3H3. The van der Waals surface area contributed by atoms with Crippen LogP contribution in [0.4, 0.5) is 0 Å². The van der Waals surface area contributed by atoms with E-state index < -0.39 is 0 Å². The number of aromatic nitrogens is 3. The number of nitrogens with one attached hydrogen (secondary N) is 1. The average molecular weight is 218 g/mol. The van der Waals surface area contributed by atoms with Crippen molar-refractivity contribution in [2.75, 3.05) is 6.54 Å². The number of fused-ring (bicyclic) bond motifs is 1. The third-order valence-electron chi connectivity index (χ3n) is 2.47. The molecule has 4 heteroatoms. The second-order valence-electron chi connectivity index (χ2n) is 4.57. The number of hydrogen-bond donors (Lipinski definition) is 1. The highest BCUT2D eigenvalue weighted by Gasteiger charge is 2.04. The fourth-order valence-electron chi connectivity index (χ4n) is 1.64. The molecule has 0 aliphatic carbocycles. The largest absolute Gasteiger partial charge is 0.310 e. The Morgan fingerprint density at radius 2 is 2.19 bits per heavy atom. The van der Waals surface area contributed by atoms with Crippen molar-refractivity contribution in [3.8, 4) is 0 Å². The molecule has 0 spiro atoms. The molecule has 0 saturated carbocycles. The SMILES string of the molecule is Cc1ccn2c(CNCC(C)C)nnc2c1. The van der Waals surface area contributed by atoms with Crippen LogP contribution in [0, 0.1) is 12.8 Å². The van der Waals surface area contributed by atoms with Crippen molar-refractivity contribution in [2.45, 2.75) is 27.3 Å². The first-order chi connectivity index (χ1) is 7.66. The highest BCUT2D eigenvalue weighted by Crippen LogP contribution is 2.06. The number of nitrogens with zero attached hydrogens (tertiary/aromatic N) is 3. The quantitative estimate of drug-likeness (QED) is 0.850. The lowest BCUT2D eigenvalue weighted by atomic mass is 10.2. The van der Waals surface area contributed by atoms with Gasteiger partial charge in [0.15, 0.2) is 11.5 Å². The molecule has 0 aromatic carbocycles. The van der Waals surface area contributed by atoms with Gasteiger partial charge in [0.1, 0.15) is 0 Å². The van der Waals surface area contributed by atoms with Gasteiger partial charge in [0.2, 0.25) is 0 Å². The minimum absolute atomic E-state index is 0.654. The summed E-state index contributed by atoms with van der Waals surface area (Å²) in [4.78, 5) is 0. The van der Waals surface area contributed by atoms with E-state index in [2.05, 4.69) is 42.4 Å². The van der Waals surface area contributed by atoms with Crippen LogP contribution in [0.3, 0.4) is 0 Å². The third-order valence-corrected chi connectivity index (χ3v) is 2.47. The second kappa shape index (κ2) is 4.61. The minimum atomic E-state index is 0.654. The van der Waals surface area contributed by atoms with Crippen molar-refractivity contribution in [2.24, 2.45) is 5.92 Å². The Bertz CT molecular complexity index is 473. The van der Waals surface area contributed by atoms with E-state index in [-0.39, 0.29) is 0 Å². The fourth-order valence-corrected chi connectivity index (χ4v) is 1.64.